The number of pyridine rings is 1. The van der Waals surface area contributed by atoms with Crippen molar-refractivity contribution in [1.82, 2.24) is 4.98 Å². The van der Waals surface area contributed by atoms with Gasteiger partial charge in [-0.05, 0) is 18.6 Å². The molecule has 17 heavy (non-hydrogen) atoms. The second-order valence-corrected chi connectivity index (χ2v) is 4.35. The third kappa shape index (κ3) is 6.15. The van der Waals surface area contributed by atoms with Crippen molar-refractivity contribution >= 4 is 11.6 Å². The van der Waals surface area contributed by atoms with Crippen LogP contribution in [0.15, 0.2) is 18.2 Å². The molecule has 0 radical (unpaired) electrons. The number of nitrogens with zero attached hydrogens (tertiary/aromatic N) is 1. The van der Waals surface area contributed by atoms with Gasteiger partial charge in [0.15, 0.2) is 0 Å². The van der Waals surface area contributed by atoms with Gasteiger partial charge < -0.3 is 10.6 Å². The smallest absolute Gasteiger partial charge is 0.128 e. The van der Waals surface area contributed by atoms with Gasteiger partial charge in [0, 0.05) is 13.6 Å². The second-order valence-electron chi connectivity index (χ2n) is 4.35. The zero-order valence-electron chi connectivity index (χ0n) is 11.1. The fraction of sp³-hybridized carbons (Fsp3) is 0.643. The molecule has 3 nitrogen and oxygen atoms in total. The summed E-state index contributed by atoms with van der Waals surface area (Å²) in [4.78, 5) is 4.42. The van der Waals surface area contributed by atoms with Crippen LogP contribution in [0.25, 0.3) is 0 Å². The molecule has 0 aliphatic rings. The topological polar surface area (TPSA) is 37.0 Å². The molecule has 1 aromatic heterocycles. The summed E-state index contributed by atoms with van der Waals surface area (Å²) in [6, 6.07) is 6.00. The van der Waals surface area contributed by atoms with Crippen molar-refractivity contribution in [1.29, 1.82) is 0 Å². The highest BCUT2D eigenvalue weighted by atomic mass is 15.0. The van der Waals surface area contributed by atoms with Crippen molar-refractivity contribution in [3.63, 3.8) is 0 Å². The Morgan fingerprint density at radius 2 is 1.71 bits per heavy atom. The first-order chi connectivity index (χ1) is 8.36. The highest BCUT2D eigenvalue weighted by Gasteiger charge is 1.95. The molecule has 96 valence electrons. The molecular weight excluding hydrogens is 210 g/mol. The molecule has 3 heteroatoms. The first-order valence-electron chi connectivity index (χ1n) is 6.75. The van der Waals surface area contributed by atoms with Gasteiger partial charge in [-0.3, -0.25) is 0 Å². The largest absolute Gasteiger partial charge is 0.373 e. The van der Waals surface area contributed by atoms with Crippen molar-refractivity contribution in [2.45, 2.75) is 45.4 Å². The van der Waals surface area contributed by atoms with E-state index in [-0.39, 0.29) is 0 Å². The Bertz CT molecular complexity index is 299. The lowest BCUT2D eigenvalue weighted by Gasteiger charge is -2.07. The van der Waals surface area contributed by atoms with Crippen LogP contribution in [-0.4, -0.2) is 18.6 Å². The molecule has 0 fully saturated rings. The molecule has 0 aromatic carbocycles. The van der Waals surface area contributed by atoms with E-state index in [1.165, 1.54) is 38.5 Å². The molecule has 1 heterocycles. The maximum Gasteiger partial charge on any atom is 0.128 e. The van der Waals surface area contributed by atoms with Crippen LogP contribution in [-0.2, 0) is 0 Å². The molecule has 2 N–H and O–H groups in total. The van der Waals surface area contributed by atoms with E-state index in [0.29, 0.717) is 0 Å². The minimum atomic E-state index is 0.915. The monoisotopic (exact) mass is 235 g/mol. The standard InChI is InChI=1S/C14H25N3/c1-3-4-5-6-7-8-12-16-14-11-9-10-13(15-2)17-14/h9-11H,3-8,12H2,1-2H3,(H2,15,16,17). The van der Waals surface area contributed by atoms with E-state index in [1.807, 2.05) is 25.2 Å². The Kier molecular flexibility index (Phi) is 7.19. The lowest BCUT2D eigenvalue weighted by molar-refractivity contribution is 0.617. The Morgan fingerprint density at radius 3 is 2.47 bits per heavy atom. The van der Waals surface area contributed by atoms with Crippen molar-refractivity contribution in [2.24, 2.45) is 0 Å². The number of hydrogen-bond acceptors (Lipinski definition) is 3. The number of anilines is 2. The van der Waals surface area contributed by atoms with E-state index in [1.54, 1.807) is 0 Å². The van der Waals surface area contributed by atoms with Crippen molar-refractivity contribution in [3.05, 3.63) is 18.2 Å². The van der Waals surface area contributed by atoms with Crippen molar-refractivity contribution in [2.75, 3.05) is 24.2 Å². The van der Waals surface area contributed by atoms with Crippen LogP contribution >= 0.6 is 0 Å². The van der Waals surface area contributed by atoms with E-state index in [0.717, 1.165) is 18.2 Å². The molecule has 0 saturated heterocycles. The predicted molar refractivity (Wildman–Crippen MR) is 75.6 cm³/mol. The van der Waals surface area contributed by atoms with Gasteiger partial charge in [0.05, 0.1) is 0 Å². The third-order valence-corrected chi connectivity index (χ3v) is 2.84. The molecule has 0 unspecified atom stereocenters. The number of hydrogen-bond donors (Lipinski definition) is 2. The van der Waals surface area contributed by atoms with Gasteiger partial charge in [0.25, 0.3) is 0 Å². The van der Waals surface area contributed by atoms with E-state index in [2.05, 4.69) is 22.5 Å². The maximum absolute atomic E-state index is 4.42. The first-order valence-corrected chi connectivity index (χ1v) is 6.75. The molecule has 1 rings (SSSR count). The minimum Gasteiger partial charge on any atom is -0.373 e. The summed E-state index contributed by atoms with van der Waals surface area (Å²) >= 11 is 0. The molecule has 0 spiro atoms. The Morgan fingerprint density at radius 1 is 1.00 bits per heavy atom. The van der Waals surface area contributed by atoms with Crippen LogP contribution in [0.1, 0.15) is 45.4 Å². The summed E-state index contributed by atoms with van der Waals surface area (Å²) in [6.45, 7) is 3.27. The lowest BCUT2D eigenvalue weighted by atomic mass is 10.1. The minimum absolute atomic E-state index is 0.915. The van der Waals surface area contributed by atoms with Crippen LogP contribution in [0.5, 0.6) is 0 Å². The predicted octanol–water partition coefficient (Wildman–Crippen LogP) is 3.90. The third-order valence-electron chi connectivity index (χ3n) is 2.84. The van der Waals surface area contributed by atoms with Crippen molar-refractivity contribution in [3.8, 4) is 0 Å². The van der Waals surface area contributed by atoms with Gasteiger partial charge in [-0.15, -0.1) is 0 Å². The van der Waals surface area contributed by atoms with Gasteiger partial charge in [0.2, 0.25) is 0 Å². The molecule has 0 aliphatic heterocycles. The summed E-state index contributed by atoms with van der Waals surface area (Å²) < 4.78 is 0. The molecule has 0 amide bonds. The van der Waals surface area contributed by atoms with Gasteiger partial charge in [-0.2, -0.15) is 0 Å². The van der Waals surface area contributed by atoms with Crippen LogP contribution < -0.4 is 10.6 Å². The number of unbranched alkanes of at least 4 members (excludes halogenated alkanes) is 5. The fourth-order valence-electron chi connectivity index (χ4n) is 1.79. The summed E-state index contributed by atoms with van der Waals surface area (Å²) in [5, 5.41) is 6.40. The average molecular weight is 235 g/mol. The van der Waals surface area contributed by atoms with Crippen LogP contribution in [0, 0.1) is 0 Å². The first kappa shape index (κ1) is 13.8. The Balaban J connectivity index is 2.09. The summed E-state index contributed by atoms with van der Waals surface area (Å²) in [7, 11) is 1.89. The molecule has 0 bridgehead atoms. The van der Waals surface area contributed by atoms with E-state index >= 15 is 0 Å². The van der Waals surface area contributed by atoms with E-state index in [4.69, 9.17) is 0 Å². The molecule has 0 atom stereocenters. The molecule has 0 aliphatic carbocycles. The highest BCUT2D eigenvalue weighted by molar-refractivity contribution is 5.44. The van der Waals surface area contributed by atoms with Gasteiger partial charge in [-0.25, -0.2) is 4.98 Å². The SMILES string of the molecule is CCCCCCCCNc1cccc(NC)n1. The lowest BCUT2D eigenvalue weighted by Crippen LogP contribution is -2.04. The van der Waals surface area contributed by atoms with Crippen LogP contribution in [0.3, 0.4) is 0 Å². The normalized spacial score (nSPS) is 10.2. The highest BCUT2D eigenvalue weighted by Crippen LogP contribution is 2.09. The zero-order chi connectivity index (χ0) is 12.3. The zero-order valence-corrected chi connectivity index (χ0v) is 11.1. The van der Waals surface area contributed by atoms with Gasteiger partial charge in [-0.1, -0.05) is 45.1 Å². The molecule has 1 aromatic rings. The quantitative estimate of drug-likeness (QED) is 0.637. The summed E-state index contributed by atoms with van der Waals surface area (Å²) in [5.41, 5.74) is 0. The van der Waals surface area contributed by atoms with Crippen LogP contribution in [0.2, 0.25) is 0 Å². The Labute approximate surface area is 105 Å². The second kappa shape index (κ2) is 8.85. The van der Waals surface area contributed by atoms with E-state index < -0.39 is 0 Å². The summed E-state index contributed by atoms with van der Waals surface area (Å²) in [6.07, 6.45) is 7.98. The van der Waals surface area contributed by atoms with Crippen molar-refractivity contribution < 1.29 is 0 Å². The molecular formula is C14H25N3. The molecule has 0 saturated carbocycles. The average Bonchev–Trinajstić information content (AvgIpc) is 2.38. The van der Waals surface area contributed by atoms with Crippen LogP contribution in [0.4, 0.5) is 11.6 Å². The Hall–Kier alpha value is -1.25. The fourth-order valence-corrected chi connectivity index (χ4v) is 1.79. The van der Waals surface area contributed by atoms with Gasteiger partial charge in [0.1, 0.15) is 11.6 Å². The number of rotatable bonds is 9. The number of aromatic nitrogens is 1. The van der Waals surface area contributed by atoms with E-state index in [9.17, 15) is 0 Å². The summed E-state index contributed by atoms with van der Waals surface area (Å²) in [5.74, 6) is 1.88. The van der Waals surface area contributed by atoms with Gasteiger partial charge >= 0.3 is 0 Å². The number of nitrogens with one attached hydrogen (secondary N) is 2. The maximum atomic E-state index is 4.42.